The van der Waals surface area contributed by atoms with E-state index in [-0.39, 0.29) is 5.97 Å². The summed E-state index contributed by atoms with van der Waals surface area (Å²) in [5.41, 5.74) is 1.77. The molecule has 0 fully saturated rings. The second kappa shape index (κ2) is 6.26. The first-order valence-corrected chi connectivity index (χ1v) is 6.84. The van der Waals surface area contributed by atoms with Gasteiger partial charge in [-0.2, -0.15) is 0 Å². The number of hydrogen-bond donors (Lipinski definition) is 0. The molecule has 2 rings (SSSR count). The normalized spacial score (nSPS) is 10.9. The Morgan fingerprint density at radius 1 is 1.47 bits per heavy atom. The van der Waals surface area contributed by atoms with Crippen molar-refractivity contribution in [2.75, 3.05) is 13.0 Å². The molecule has 0 radical (unpaired) electrons. The van der Waals surface area contributed by atoms with Gasteiger partial charge in [0.2, 0.25) is 0 Å². The number of fused-ring (bicyclic) bond motifs is 1. The van der Waals surface area contributed by atoms with Crippen molar-refractivity contribution >= 4 is 40.2 Å². The van der Waals surface area contributed by atoms with Crippen molar-refractivity contribution < 1.29 is 9.53 Å². The minimum atomic E-state index is -0.249. The van der Waals surface area contributed by atoms with Crippen LogP contribution in [0.2, 0.25) is 5.02 Å². The van der Waals surface area contributed by atoms with Crippen LogP contribution in [0.25, 0.3) is 11.0 Å². The molecule has 1 aromatic carbocycles. The van der Waals surface area contributed by atoms with Gasteiger partial charge in [-0.25, -0.2) is 4.98 Å². The van der Waals surface area contributed by atoms with E-state index < -0.39 is 0 Å². The molecule has 4 nitrogen and oxygen atoms in total. The summed E-state index contributed by atoms with van der Waals surface area (Å²) < 4.78 is 6.63. The number of nitrogens with zero attached hydrogens (tertiary/aromatic N) is 2. The molecule has 0 N–H and O–H groups in total. The molecule has 0 aliphatic rings. The van der Waals surface area contributed by atoms with Crippen LogP contribution in [0.3, 0.4) is 0 Å². The van der Waals surface area contributed by atoms with Crippen LogP contribution in [0.15, 0.2) is 18.2 Å². The van der Waals surface area contributed by atoms with Gasteiger partial charge in [-0.05, 0) is 18.2 Å². The van der Waals surface area contributed by atoms with Crippen LogP contribution in [0, 0.1) is 0 Å². The summed E-state index contributed by atoms with van der Waals surface area (Å²) in [6, 6.07) is 5.51. The molecular weight excluding hydrogens is 287 g/mol. The van der Waals surface area contributed by atoms with Crippen LogP contribution in [0.5, 0.6) is 0 Å². The van der Waals surface area contributed by atoms with Crippen molar-refractivity contribution in [2.45, 2.75) is 19.4 Å². The summed E-state index contributed by atoms with van der Waals surface area (Å²) >= 11 is 11.8. The van der Waals surface area contributed by atoms with Gasteiger partial charge in [0.05, 0.1) is 24.6 Å². The molecule has 0 saturated heterocycles. The van der Waals surface area contributed by atoms with Crippen molar-refractivity contribution in [1.29, 1.82) is 0 Å². The summed E-state index contributed by atoms with van der Waals surface area (Å²) in [6.07, 6.45) is 0.943. The monoisotopic (exact) mass is 300 g/mol. The lowest BCUT2D eigenvalue weighted by atomic mass is 10.3. The Morgan fingerprint density at radius 2 is 2.26 bits per heavy atom. The maximum absolute atomic E-state index is 11.3. The van der Waals surface area contributed by atoms with Crippen LogP contribution < -0.4 is 0 Å². The number of hydrogen-bond acceptors (Lipinski definition) is 3. The van der Waals surface area contributed by atoms with Gasteiger partial charge >= 0.3 is 5.97 Å². The number of halogens is 2. The minimum absolute atomic E-state index is 0.249. The molecule has 19 heavy (non-hydrogen) atoms. The average molecular weight is 301 g/mol. The van der Waals surface area contributed by atoms with Gasteiger partial charge in [0.25, 0.3) is 0 Å². The third-order valence-electron chi connectivity index (χ3n) is 2.87. The Bertz CT molecular complexity index is 596. The number of methoxy groups -OCH3 is 1. The second-order valence-corrected chi connectivity index (χ2v) is 4.89. The summed E-state index contributed by atoms with van der Waals surface area (Å²) in [5.74, 6) is 1.09. The van der Waals surface area contributed by atoms with Crippen LogP contribution in [0.4, 0.5) is 0 Å². The van der Waals surface area contributed by atoms with Crippen molar-refractivity contribution in [3.05, 3.63) is 29.0 Å². The fourth-order valence-electron chi connectivity index (χ4n) is 1.98. The van der Waals surface area contributed by atoms with Crippen molar-refractivity contribution in [3.63, 3.8) is 0 Å². The number of imidazole rings is 1. The third kappa shape index (κ3) is 3.19. The lowest BCUT2D eigenvalue weighted by molar-refractivity contribution is -0.140. The van der Waals surface area contributed by atoms with E-state index in [0.29, 0.717) is 30.3 Å². The Balaban J connectivity index is 2.38. The van der Waals surface area contributed by atoms with E-state index in [2.05, 4.69) is 9.72 Å². The zero-order chi connectivity index (χ0) is 13.8. The third-order valence-corrected chi connectivity index (χ3v) is 3.30. The molecule has 0 saturated carbocycles. The van der Waals surface area contributed by atoms with Gasteiger partial charge in [0.1, 0.15) is 5.82 Å². The molecule has 6 heteroatoms. The fraction of sp³-hybridized carbons (Fsp3) is 0.385. The Kier molecular flexibility index (Phi) is 4.66. The topological polar surface area (TPSA) is 44.1 Å². The predicted octanol–water partition coefficient (Wildman–Crippen LogP) is 3.03. The Hall–Kier alpha value is -1.26. The molecule has 0 atom stereocenters. The number of carbonyl (C=O) groups excluding carboxylic acids is 1. The van der Waals surface area contributed by atoms with Crippen LogP contribution in [-0.4, -0.2) is 28.5 Å². The Morgan fingerprint density at radius 3 is 2.95 bits per heavy atom. The smallest absolute Gasteiger partial charge is 0.307 e. The molecular formula is C13H14Cl2N2O2. The standard InChI is InChI=1S/C13H14Cl2N2O2/c1-19-13(18)5-7-17-11-8-9(15)2-3-10(11)16-12(17)4-6-14/h2-3,8H,4-7H2,1H3. The first-order chi connectivity index (χ1) is 9.15. The highest BCUT2D eigenvalue weighted by molar-refractivity contribution is 6.31. The van der Waals surface area contributed by atoms with Crippen molar-refractivity contribution in [1.82, 2.24) is 9.55 Å². The van der Waals surface area contributed by atoms with E-state index in [1.807, 2.05) is 16.7 Å². The highest BCUT2D eigenvalue weighted by atomic mass is 35.5. The number of rotatable bonds is 5. The van der Waals surface area contributed by atoms with Gasteiger partial charge in [0, 0.05) is 23.9 Å². The van der Waals surface area contributed by atoms with Crippen LogP contribution in [-0.2, 0) is 22.5 Å². The second-order valence-electron chi connectivity index (χ2n) is 4.08. The van der Waals surface area contributed by atoms with Gasteiger partial charge in [-0.15, -0.1) is 11.6 Å². The predicted molar refractivity (Wildman–Crippen MR) is 75.8 cm³/mol. The van der Waals surface area contributed by atoms with Crippen LogP contribution in [0.1, 0.15) is 12.2 Å². The Labute approximate surface area is 121 Å². The molecule has 0 aliphatic carbocycles. The maximum atomic E-state index is 11.3. The summed E-state index contributed by atoms with van der Waals surface area (Å²) in [7, 11) is 1.38. The minimum Gasteiger partial charge on any atom is -0.469 e. The first-order valence-electron chi connectivity index (χ1n) is 5.93. The molecule has 0 spiro atoms. The average Bonchev–Trinajstić information content (AvgIpc) is 2.73. The fourth-order valence-corrected chi connectivity index (χ4v) is 2.31. The number of alkyl halides is 1. The van der Waals surface area contributed by atoms with E-state index in [9.17, 15) is 4.79 Å². The molecule has 1 aromatic heterocycles. The summed E-state index contributed by atoms with van der Waals surface area (Å²) in [6.45, 7) is 0.510. The molecule has 1 heterocycles. The maximum Gasteiger partial charge on any atom is 0.307 e. The zero-order valence-electron chi connectivity index (χ0n) is 10.5. The quantitative estimate of drug-likeness (QED) is 0.630. The number of esters is 1. The highest BCUT2D eigenvalue weighted by Gasteiger charge is 2.12. The SMILES string of the molecule is COC(=O)CCn1c(CCCl)nc2ccc(Cl)cc21. The van der Waals surface area contributed by atoms with E-state index in [1.54, 1.807) is 6.07 Å². The number of carbonyl (C=O) groups is 1. The number of aromatic nitrogens is 2. The van der Waals surface area contributed by atoms with Crippen molar-refractivity contribution in [3.8, 4) is 0 Å². The van der Waals surface area contributed by atoms with E-state index in [4.69, 9.17) is 23.2 Å². The molecule has 0 aliphatic heterocycles. The van der Waals surface area contributed by atoms with Crippen LogP contribution >= 0.6 is 23.2 Å². The molecule has 0 unspecified atom stereocenters. The van der Waals surface area contributed by atoms with E-state index in [0.717, 1.165) is 16.9 Å². The number of benzene rings is 1. The number of ether oxygens (including phenoxy) is 1. The molecule has 0 amide bonds. The molecule has 102 valence electrons. The van der Waals surface area contributed by atoms with Gasteiger partial charge in [0.15, 0.2) is 0 Å². The molecule has 2 aromatic rings. The number of aryl methyl sites for hydroxylation is 2. The van der Waals surface area contributed by atoms with E-state index >= 15 is 0 Å². The lowest BCUT2D eigenvalue weighted by Gasteiger charge is -2.07. The van der Waals surface area contributed by atoms with Gasteiger partial charge < -0.3 is 9.30 Å². The zero-order valence-corrected chi connectivity index (χ0v) is 12.0. The van der Waals surface area contributed by atoms with E-state index in [1.165, 1.54) is 7.11 Å². The largest absolute Gasteiger partial charge is 0.469 e. The molecule has 0 bridgehead atoms. The highest BCUT2D eigenvalue weighted by Crippen LogP contribution is 2.21. The lowest BCUT2D eigenvalue weighted by Crippen LogP contribution is -2.10. The summed E-state index contributed by atoms with van der Waals surface area (Å²) in [4.78, 5) is 15.8. The van der Waals surface area contributed by atoms with Crippen molar-refractivity contribution in [2.24, 2.45) is 0 Å². The van der Waals surface area contributed by atoms with Gasteiger partial charge in [-0.3, -0.25) is 4.79 Å². The van der Waals surface area contributed by atoms with Gasteiger partial charge in [-0.1, -0.05) is 11.6 Å². The first kappa shape index (κ1) is 14.2. The summed E-state index contributed by atoms with van der Waals surface area (Å²) in [5, 5.41) is 0.643.